The molecule has 3 heteroatoms. The Kier molecular flexibility index (Phi) is 10.9. The zero-order chi connectivity index (χ0) is 16.0. The van der Waals surface area contributed by atoms with Crippen LogP contribution in [0.3, 0.4) is 0 Å². The molecule has 0 fully saturated rings. The summed E-state index contributed by atoms with van der Waals surface area (Å²) in [6, 6.07) is 9.15. The van der Waals surface area contributed by atoms with Crippen molar-refractivity contribution in [3.05, 3.63) is 35.9 Å². The molecule has 0 N–H and O–H groups in total. The molecule has 0 aliphatic heterocycles. The summed E-state index contributed by atoms with van der Waals surface area (Å²) >= 11 is 4.63. The summed E-state index contributed by atoms with van der Waals surface area (Å²) in [4.78, 5) is 11.7. The third-order valence-electron chi connectivity index (χ3n) is 3.82. The quantitative estimate of drug-likeness (QED) is 0.305. The van der Waals surface area contributed by atoms with Gasteiger partial charge in [0.15, 0.2) is 0 Å². The molecule has 0 radical (unpaired) electrons. The van der Waals surface area contributed by atoms with E-state index in [-0.39, 0.29) is 5.97 Å². The first-order valence-corrected chi connectivity index (χ1v) is 9.16. The van der Waals surface area contributed by atoms with Gasteiger partial charge in [-0.3, -0.25) is 0 Å². The molecule has 1 aromatic rings. The van der Waals surface area contributed by atoms with Gasteiger partial charge in [-0.2, -0.15) is 12.6 Å². The highest BCUT2D eigenvalue weighted by Crippen LogP contribution is 2.15. The average Bonchev–Trinajstić information content (AvgIpc) is 2.55. The number of rotatable bonds is 12. The highest BCUT2D eigenvalue weighted by molar-refractivity contribution is 7.80. The number of unbranched alkanes of at least 4 members (excludes halogenated alkanes) is 5. The summed E-state index contributed by atoms with van der Waals surface area (Å²) in [5.74, 6) is -0.229. The van der Waals surface area contributed by atoms with E-state index in [0.717, 1.165) is 12.8 Å². The van der Waals surface area contributed by atoms with Crippen LogP contribution in [-0.4, -0.2) is 17.8 Å². The van der Waals surface area contributed by atoms with Crippen molar-refractivity contribution < 1.29 is 9.53 Å². The van der Waals surface area contributed by atoms with Crippen molar-refractivity contribution in [1.82, 2.24) is 0 Å². The van der Waals surface area contributed by atoms with Gasteiger partial charge in [-0.15, -0.1) is 0 Å². The fraction of sp³-hybridized carbons (Fsp3) is 0.632. The maximum atomic E-state index is 11.7. The number of carbonyl (C=O) groups excluding carboxylic acids is 1. The summed E-state index contributed by atoms with van der Waals surface area (Å²) in [6.45, 7) is 2.73. The zero-order valence-electron chi connectivity index (χ0n) is 13.8. The normalized spacial score (nSPS) is 12.1. The van der Waals surface area contributed by atoms with Crippen LogP contribution < -0.4 is 0 Å². The molecule has 0 aromatic heterocycles. The Bertz CT molecular complexity index is 392. The van der Waals surface area contributed by atoms with Crippen molar-refractivity contribution in [2.24, 2.45) is 0 Å². The number of thiol groups is 1. The van der Waals surface area contributed by atoms with Crippen molar-refractivity contribution in [3.63, 3.8) is 0 Å². The summed E-state index contributed by atoms with van der Waals surface area (Å²) in [5, 5.41) is 0.432. The molecule has 0 aliphatic rings. The van der Waals surface area contributed by atoms with E-state index in [1.54, 1.807) is 12.1 Å². The molecule has 1 atom stereocenters. The van der Waals surface area contributed by atoms with Gasteiger partial charge < -0.3 is 4.74 Å². The molecule has 124 valence electrons. The van der Waals surface area contributed by atoms with E-state index in [9.17, 15) is 4.79 Å². The lowest BCUT2D eigenvalue weighted by Crippen LogP contribution is -2.08. The van der Waals surface area contributed by atoms with E-state index in [4.69, 9.17) is 4.74 Å². The molecule has 1 rings (SSSR count). The highest BCUT2D eigenvalue weighted by atomic mass is 32.1. The van der Waals surface area contributed by atoms with Crippen LogP contribution in [0.5, 0.6) is 0 Å². The van der Waals surface area contributed by atoms with Crippen molar-refractivity contribution in [1.29, 1.82) is 0 Å². The van der Waals surface area contributed by atoms with Gasteiger partial charge in [0.1, 0.15) is 0 Å². The molecule has 22 heavy (non-hydrogen) atoms. The average molecular weight is 323 g/mol. The van der Waals surface area contributed by atoms with Crippen LogP contribution in [0.25, 0.3) is 0 Å². The molecule has 1 unspecified atom stereocenters. The number of ether oxygens (including phenoxy) is 1. The van der Waals surface area contributed by atoms with Crippen LogP contribution in [0, 0.1) is 0 Å². The predicted octanol–water partition coefficient (Wildman–Crippen LogP) is 5.67. The first-order chi connectivity index (χ1) is 10.7. The fourth-order valence-electron chi connectivity index (χ4n) is 2.45. The van der Waals surface area contributed by atoms with Crippen LogP contribution >= 0.6 is 12.6 Å². The third-order valence-corrected chi connectivity index (χ3v) is 4.33. The van der Waals surface area contributed by atoms with E-state index in [0.29, 0.717) is 17.4 Å². The van der Waals surface area contributed by atoms with Gasteiger partial charge in [0, 0.05) is 5.25 Å². The summed E-state index contributed by atoms with van der Waals surface area (Å²) < 4.78 is 5.28. The third kappa shape index (κ3) is 9.14. The summed E-state index contributed by atoms with van der Waals surface area (Å²) in [5.41, 5.74) is 0.622. The molecule has 0 heterocycles. The molecular weight excluding hydrogens is 292 g/mol. The molecule has 1 aromatic carbocycles. The fourth-order valence-corrected chi connectivity index (χ4v) is 2.81. The molecule has 0 saturated heterocycles. The lowest BCUT2D eigenvalue weighted by Gasteiger charge is -2.10. The molecule has 0 bridgehead atoms. The molecular formula is C19H30O2S. The zero-order valence-corrected chi connectivity index (χ0v) is 14.7. The van der Waals surface area contributed by atoms with Crippen molar-refractivity contribution in [2.45, 2.75) is 70.0 Å². The Hall–Kier alpha value is -0.960. The van der Waals surface area contributed by atoms with Crippen LogP contribution in [0.2, 0.25) is 0 Å². The van der Waals surface area contributed by atoms with E-state index in [2.05, 4.69) is 19.6 Å². The standard InChI is InChI=1S/C19H30O2S/c1-2-3-4-5-6-10-14-18(22)15-11-16-21-19(20)17-12-8-7-9-13-17/h7-9,12-13,18,22H,2-6,10-11,14-16H2,1H3. The van der Waals surface area contributed by atoms with Crippen LogP contribution in [0.1, 0.15) is 75.1 Å². The first-order valence-electron chi connectivity index (χ1n) is 8.64. The first kappa shape index (κ1) is 19.1. The maximum absolute atomic E-state index is 11.7. The number of carbonyl (C=O) groups is 1. The minimum Gasteiger partial charge on any atom is -0.462 e. The Balaban J connectivity index is 1.98. The van der Waals surface area contributed by atoms with Crippen molar-refractivity contribution in [3.8, 4) is 0 Å². The van der Waals surface area contributed by atoms with Crippen LogP contribution in [-0.2, 0) is 4.74 Å². The summed E-state index contributed by atoms with van der Waals surface area (Å²) in [6.07, 6.45) is 11.0. The van der Waals surface area contributed by atoms with E-state index < -0.39 is 0 Å². The van der Waals surface area contributed by atoms with Crippen molar-refractivity contribution >= 4 is 18.6 Å². The van der Waals surface area contributed by atoms with Gasteiger partial charge in [0.25, 0.3) is 0 Å². The largest absolute Gasteiger partial charge is 0.462 e. The molecule has 0 aliphatic carbocycles. The smallest absolute Gasteiger partial charge is 0.338 e. The number of hydrogen-bond donors (Lipinski definition) is 1. The Morgan fingerprint density at radius 2 is 1.64 bits per heavy atom. The van der Waals surface area contributed by atoms with E-state index in [1.807, 2.05) is 18.2 Å². The minimum absolute atomic E-state index is 0.229. The van der Waals surface area contributed by atoms with E-state index in [1.165, 1.54) is 44.9 Å². The SMILES string of the molecule is CCCCCCCCC(S)CCCOC(=O)c1ccccc1. The Morgan fingerprint density at radius 1 is 1.00 bits per heavy atom. The van der Waals surface area contributed by atoms with E-state index >= 15 is 0 Å². The molecule has 2 nitrogen and oxygen atoms in total. The van der Waals surface area contributed by atoms with Gasteiger partial charge in [-0.25, -0.2) is 4.79 Å². The lowest BCUT2D eigenvalue weighted by atomic mass is 10.1. The van der Waals surface area contributed by atoms with Crippen LogP contribution in [0.15, 0.2) is 30.3 Å². The number of hydrogen-bond acceptors (Lipinski definition) is 3. The number of benzene rings is 1. The topological polar surface area (TPSA) is 26.3 Å². The Morgan fingerprint density at radius 3 is 2.36 bits per heavy atom. The number of esters is 1. The van der Waals surface area contributed by atoms with Gasteiger partial charge in [0.2, 0.25) is 0 Å². The monoisotopic (exact) mass is 322 g/mol. The van der Waals surface area contributed by atoms with Gasteiger partial charge in [0.05, 0.1) is 12.2 Å². The predicted molar refractivity (Wildman–Crippen MR) is 96.7 cm³/mol. The molecule has 0 amide bonds. The maximum Gasteiger partial charge on any atom is 0.338 e. The second-order valence-corrected chi connectivity index (χ2v) is 6.58. The lowest BCUT2D eigenvalue weighted by molar-refractivity contribution is 0.0498. The minimum atomic E-state index is -0.229. The van der Waals surface area contributed by atoms with Gasteiger partial charge in [-0.1, -0.05) is 63.6 Å². The molecule has 0 spiro atoms. The van der Waals surface area contributed by atoms with Crippen molar-refractivity contribution in [2.75, 3.05) is 6.61 Å². The van der Waals surface area contributed by atoms with Crippen LogP contribution in [0.4, 0.5) is 0 Å². The Labute approximate surface area is 141 Å². The molecule has 0 saturated carbocycles. The second-order valence-electron chi connectivity index (χ2n) is 5.85. The second kappa shape index (κ2) is 12.6. The summed E-state index contributed by atoms with van der Waals surface area (Å²) in [7, 11) is 0. The van der Waals surface area contributed by atoms with Gasteiger partial charge in [-0.05, 0) is 31.4 Å². The van der Waals surface area contributed by atoms with Gasteiger partial charge >= 0.3 is 5.97 Å². The highest BCUT2D eigenvalue weighted by Gasteiger charge is 2.07.